The SMILES string of the molecule is Cc1ccc(NC(=O)CC(=O)Nc2ccc(C)c(Cl)c2)cc1. The Kier molecular flexibility index (Phi) is 5.17. The van der Waals surface area contributed by atoms with Gasteiger partial charge in [0, 0.05) is 16.4 Å². The topological polar surface area (TPSA) is 58.2 Å². The number of benzene rings is 2. The molecule has 2 amide bonds. The third kappa shape index (κ3) is 4.60. The molecule has 114 valence electrons. The minimum atomic E-state index is -0.385. The van der Waals surface area contributed by atoms with E-state index in [9.17, 15) is 9.59 Å². The van der Waals surface area contributed by atoms with Crippen molar-refractivity contribution >= 4 is 34.8 Å². The normalized spacial score (nSPS) is 10.1. The van der Waals surface area contributed by atoms with Gasteiger partial charge < -0.3 is 10.6 Å². The molecule has 0 heterocycles. The van der Waals surface area contributed by atoms with Gasteiger partial charge in [-0.05, 0) is 43.7 Å². The van der Waals surface area contributed by atoms with E-state index in [1.807, 2.05) is 32.0 Å². The maximum absolute atomic E-state index is 11.8. The summed E-state index contributed by atoms with van der Waals surface area (Å²) < 4.78 is 0. The Bertz CT molecular complexity index is 696. The first-order valence-electron chi connectivity index (χ1n) is 6.86. The van der Waals surface area contributed by atoms with Gasteiger partial charge in [0.2, 0.25) is 11.8 Å². The molecule has 0 aliphatic heterocycles. The van der Waals surface area contributed by atoms with E-state index in [1.165, 1.54) is 0 Å². The number of nitrogens with one attached hydrogen (secondary N) is 2. The van der Waals surface area contributed by atoms with E-state index >= 15 is 0 Å². The number of rotatable bonds is 4. The number of halogens is 1. The van der Waals surface area contributed by atoms with Crippen LogP contribution in [0.1, 0.15) is 17.5 Å². The number of carbonyl (C=O) groups excluding carboxylic acids is 2. The summed E-state index contributed by atoms with van der Waals surface area (Å²) >= 11 is 5.99. The molecule has 0 fully saturated rings. The van der Waals surface area contributed by atoms with Crippen LogP contribution >= 0.6 is 11.6 Å². The van der Waals surface area contributed by atoms with Gasteiger partial charge in [-0.25, -0.2) is 0 Å². The number of carbonyl (C=O) groups is 2. The summed E-state index contributed by atoms with van der Waals surface area (Å²) in [6, 6.07) is 12.6. The molecule has 22 heavy (non-hydrogen) atoms. The third-order valence-electron chi connectivity index (χ3n) is 3.11. The fourth-order valence-corrected chi connectivity index (χ4v) is 2.04. The molecule has 0 aliphatic rings. The summed E-state index contributed by atoms with van der Waals surface area (Å²) in [6.45, 7) is 3.84. The van der Waals surface area contributed by atoms with Crippen molar-refractivity contribution in [2.75, 3.05) is 10.6 Å². The van der Waals surface area contributed by atoms with E-state index < -0.39 is 0 Å². The van der Waals surface area contributed by atoms with Crippen LogP contribution in [0.3, 0.4) is 0 Å². The molecule has 2 N–H and O–H groups in total. The van der Waals surface area contributed by atoms with Crippen LogP contribution in [-0.2, 0) is 9.59 Å². The van der Waals surface area contributed by atoms with Gasteiger partial charge in [-0.15, -0.1) is 0 Å². The largest absolute Gasteiger partial charge is 0.326 e. The van der Waals surface area contributed by atoms with Gasteiger partial charge in [0.1, 0.15) is 6.42 Å². The Labute approximate surface area is 134 Å². The van der Waals surface area contributed by atoms with Gasteiger partial charge in [-0.3, -0.25) is 9.59 Å². The van der Waals surface area contributed by atoms with Crippen molar-refractivity contribution in [3.05, 3.63) is 58.6 Å². The van der Waals surface area contributed by atoms with Crippen LogP contribution in [-0.4, -0.2) is 11.8 Å². The molecule has 0 bridgehead atoms. The van der Waals surface area contributed by atoms with Gasteiger partial charge in [0.25, 0.3) is 0 Å². The molecular weight excluding hydrogens is 300 g/mol. The molecule has 0 radical (unpaired) electrons. The lowest BCUT2D eigenvalue weighted by atomic mass is 10.2. The Hall–Kier alpha value is -2.33. The van der Waals surface area contributed by atoms with E-state index in [4.69, 9.17) is 11.6 Å². The predicted octanol–water partition coefficient (Wildman–Crippen LogP) is 3.92. The van der Waals surface area contributed by atoms with Crippen molar-refractivity contribution in [2.45, 2.75) is 20.3 Å². The van der Waals surface area contributed by atoms with Gasteiger partial charge in [-0.1, -0.05) is 35.4 Å². The number of anilines is 2. The monoisotopic (exact) mass is 316 g/mol. The first-order chi connectivity index (χ1) is 10.4. The quantitative estimate of drug-likeness (QED) is 0.840. The molecule has 0 saturated heterocycles. The highest BCUT2D eigenvalue weighted by Gasteiger charge is 2.10. The average Bonchev–Trinajstić information content (AvgIpc) is 2.45. The maximum Gasteiger partial charge on any atom is 0.233 e. The van der Waals surface area contributed by atoms with E-state index in [0.29, 0.717) is 16.4 Å². The maximum atomic E-state index is 11.8. The standard InChI is InChI=1S/C17H17ClN2O2/c1-11-3-6-13(7-4-11)19-16(21)10-17(22)20-14-8-5-12(2)15(18)9-14/h3-9H,10H2,1-2H3,(H,19,21)(H,20,22). The lowest BCUT2D eigenvalue weighted by molar-refractivity contribution is -0.123. The summed E-state index contributed by atoms with van der Waals surface area (Å²) in [4.78, 5) is 23.7. The smallest absolute Gasteiger partial charge is 0.233 e. The highest BCUT2D eigenvalue weighted by Crippen LogP contribution is 2.20. The minimum Gasteiger partial charge on any atom is -0.326 e. The summed E-state index contributed by atoms with van der Waals surface area (Å²) in [7, 11) is 0. The number of amides is 2. The molecule has 0 saturated carbocycles. The summed E-state index contributed by atoms with van der Waals surface area (Å²) in [5.74, 6) is -0.746. The van der Waals surface area contributed by atoms with Crippen molar-refractivity contribution in [1.29, 1.82) is 0 Å². The summed E-state index contributed by atoms with van der Waals surface area (Å²) in [5.41, 5.74) is 3.27. The average molecular weight is 317 g/mol. The molecule has 2 aromatic carbocycles. The molecule has 2 aromatic rings. The number of aryl methyl sites for hydroxylation is 2. The summed E-state index contributed by atoms with van der Waals surface area (Å²) in [6.07, 6.45) is -0.251. The molecule has 0 aromatic heterocycles. The lowest BCUT2D eigenvalue weighted by Gasteiger charge is -2.08. The number of hydrogen-bond acceptors (Lipinski definition) is 2. The molecule has 0 atom stereocenters. The number of hydrogen-bond donors (Lipinski definition) is 2. The van der Waals surface area contributed by atoms with E-state index in [0.717, 1.165) is 11.1 Å². The first kappa shape index (κ1) is 16.0. The molecule has 4 nitrogen and oxygen atoms in total. The zero-order valence-electron chi connectivity index (χ0n) is 12.4. The van der Waals surface area contributed by atoms with Crippen LogP contribution in [0.25, 0.3) is 0 Å². The second kappa shape index (κ2) is 7.09. The zero-order valence-corrected chi connectivity index (χ0v) is 13.2. The van der Waals surface area contributed by atoms with Gasteiger partial charge >= 0.3 is 0 Å². The van der Waals surface area contributed by atoms with Crippen LogP contribution in [0.2, 0.25) is 5.02 Å². The Balaban J connectivity index is 1.89. The van der Waals surface area contributed by atoms with Crippen LogP contribution in [0.5, 0.6) is 0 Å². The first-order valence-corrected chi connectivity index (χ1v) is 7.24. The molecule has 0 spiro atoms. The zero-order chi connectivity index (χ0) is 16.1. The van der Waals surface area contributed by atoms with Gasteiger partial charge in [0.15, 0.2) is 0 Å². The minimum absolute atomic E-state index is 0.251. The molecule has 0 unspecified atom stereocenters. The van der Waals surface area contributed by atoms with Crippen molar-refractivity contribution in [3.8, 4) is 0 Å². The van der Waals surface area contributed by atoms with E-state index in [1.54, 1.807) is 24.3 Å². The van der Waals surface area contributed by atoms with Crippen molar-refractivity contribution < 1.29 is 9.59 Å². The van der Waals surface area contributed by atoms with Crippen molar-refractivity contribution in [3.63, 3.8) is 0 Å². The second-order valence-corrected chi connectivity index (χ2v) is 5.51. The Morgan fingerprint density at radius 2 is 1.45 bits per heavy atom. The molecule has 2 rings (SSSR count). The van der Waals surface area contributed by atoms with Crippen LogP contribution in [0.4, 0.5) is 11.4 Å². The van der Waals surface area contributed by atoms with E-state index in [2.05, 4.69) is 10.6 Å². The second-order valence-electron chi connectivity index (χ2n) is 5.10. The van der Waals surface area contributed by atoms with Crippen LogP contribution in [0, 0.1) is 13.8 Å². The predicted molar refractivity (Wildman–Crippen MR) is 89.2 cm³/mol. The Morgan fingerprint density at radius 1 is 0.909 bits per heavy atom. The van der Waals surface area contributed by atoms with E-state index in [-0.39, 0.29) is 18.2 Å². The van der Waals surface area contributed by atoms with Crippen LogP contribution < -0.4 is 10.6 Å². The molecule has 0 aliphatic carbocycles. The fourth-order valence-electron chi connectivity index (χ4n) is 1.86. The Morgan fingerprint density at radius 3 is 2.05 bits per heavy atom. The van der Waals surface area contributed by atoms with Gasteiger partial charge in [0.05, 0.1) is 0 Å². The van der Waals surface area contributed by atoms with Gasteiger partial charge in [-0.2, -0.15) is 0 Å². The highest BCUT2D eigenvalue weighted by molar-refractivity contribution is 6.31. The molecular formula is C17H17ClN2O2. The highest BCUT2D eigenvalue weighted by atomic mass is 35.5. The summed E-state index contributed by atoms with van der Waals surface area (Å²) in [5, 5.41) is 5.90. The van der Waals surface area contributed by atoms with Crippen molar-refractivity contribution in [1.82, 2.24) is 0 Å². The fraction of sp³-hybridized carbons (Fsp3) is 0.176. The molecule has 5 heteroatoms. The third-order valence-corrected chi connectivity index (χ3v) is 3.52. The van der Waals surface area contributed by atoms with Crippen molar-refractivity contribution in [2.24, 2.45) is 0 Å². The lowest BCUT2D eigenvalue weighted by Crippen LogP contribution is -2.21. The van der Waals surface area contributed by atoms with Crippen LogP contribution in [0.15, 0.2) is 42.5 Å².